The van der Waals surface area contributed by atoms with Crippen LogP contribution in [0.4, 0.5) is 0 Å². The summed E-state index contributed by atoms with van der Waals surface area (Å²) < 4.78 is 0. The normalized spacial score (nSPS) is 31.9. The second kappa shape index (κ2) is 5.14. The zero-order valence-electron chi connectivity index (χ0n) is 11.8. The number of piperidine rings is 1. The maximum absolute atomic E-state index is 12.7. The predicted molar refractivity (Wildman–Crippen MR) is 72.5 cm³/mol. The summed E-state index contributed by atoms with van der Waals surface area (Å²) in [6, 6.07) is 0.861. The lowest BCUT2D eigenvalue weighted by molar-refractivity contribution is -0.139. The van der Waals surface area contributed by atoms with Crippen molar-refractivity contribution in [2.45, 2.75) is 64.0 Å². The summed E-state index contributed by atoms with van der Waals surface area (Å²) in [4.78, 5) is 28.6. The first-order valence-electron chi connectivity index (χ1n) is 7.80. The van der Waals surface area contributed by atoms with Crippen molar-refractivity contribution >= 4 is 11.8 Å². The summed E-state index contributed by atoms with van der Waals surface area (Å²) >= 11 is 0. The molecule has 2 aliphatic heterocycles. The molecule has 0 N–H and O–H groups in total. The lowest BCUT2D eigenvalue weighted by atomic mass is 9.97. The number of rotatable bonds is 3. The Morgan fingerprint density at radius 2 is 2.05 bits per heavy atom. The minimum Gasteiger partial charge on any atom is -0.339 e. The lowest BCUT2D eigenvalue weighted by Gasteiger charge is -2.36. The van der Waals surface area contributed by atoms with Gasteiger partial charge in [0.15, 0.2) is 0 Å². The molecule has 3 rings (SSSR count). The standard InChI is InChI=1S/C15H24N2O2/c1-2-12-5-3-4-8-16(12)15(19)11-9-14(18)17(10-11)13-6-7-13/h11-13H,2-10H2,1H3. The van der Waals surface area contributed by atoms with Gasteiger partial charge in [0.2, 0.25) is 11.8 Å². The first-order chi connectivity index (χ1) is 9.20. The number of amides is 2. The van der Waals surface area contributed by atoms with Gasteiger partial charge in [0, 0.05) is 31.6 Å². The van der Waals surface area contributed by atoms with Crippen LogP contribution in [0.5, 0.6) is 0 Å². The predicted octanol–water partition coefficient (Wildman–Crippen LogP) is 1.79. The van der Waals surface area contributed by atoms with E-state index in [1.807, 2.05) is 4.90 Å². The van der Waals surface area contributed by atoms with E-state index in [4.69, 9.17) is 0 Å². The van der Waals surface area contributed by atoms with Gasteiger partial charge in [-0.1, -0.05) is 6.92 Å². The molecule has 2 saturated heterocycles. The first-order valence-corrected chi connectivity index (χ1v) is 7.80. The van der Waals surface area contributed by atoms with Gasteiger partial charge in [-0.3, -0.25) is 9.59 Å². The van der Waals surface area contributed by atoms with E-state index in [2.05, 4.69) is 11.8 Å². The van der Waals surface area contributed by atoms with Gasteiger partial charge in [-0.05, 0) is 38.5 Å². The number of hydrogen-bond acceptors (Lipinski definition) is 2. The van der Waals surface area contributed by atoms with Crippen LogP contribution in [-0.4, -0.2) is 46.8 Å². The van der Waals surface area contributed by atoms with Crippen molar-refractivity contribution in [3.05, 3.63) is 0 Å². The highest BCUT2D eigenvalue weighted by Gasteiger charge is 2.43. The Hall–Kier alpha value is -1.06. The van der Waals surface area contributed by atoms with E-state index in [1.54, 1.807) is 0 Å². The summed E-state index contributed by atoms with van der Waals surface area (Å²) in [5.41, 5.74) is 0. The van der Waals surface area contributed by atoms with Crippen LogP contribution in [0.2, 0.25) is 0 Å². The lowest BCUT2D eigenvalue weighted by Crippen LogP contribution is -2.46. The Morgan fingerprint density at radius 1 is 1.26 bits per heavy atom. The Morgan fingerprint density at radius 3 is 2.74 bits per heavy atom. The minimum absolute atomic E-state index is 0.0692. The van der Waals surface area contributed by atoms with Crippen LogP contribution >= 0.6 is 0 Å². The van der Waals surface area contributed by atoms with E-state index in [0.29, 0.717) is 25.0 Å². The fraction of sp³-hybridized carbons (Fsp3) is 0.867. The van der Waals surface area contributed by atoms with Crippen molar-refractivity contribution in [3.63, 3.8) is 0 Å². The molecule has 2 amide bonds. The second-order valence-electron chi connectivity index (χ2n) is 6.27. The number of hydrogen-bond donors (Lipinski definition) is 0. The third-order valence-electron chi connectivity index (χ3n) is 4.88. The fourth-order valence-electron chi connectivity index (χ4n) is 3.59. The molecule has 4 nitrogen and oxygen atoms in total. The van der Waals surface area contributed by atoms with E-state index in [0.717, 1.165) is 38.6 Å². The molecule has 3 fully saturated rings. The maximum atomic E-state index is 12.7. The molecule has 2 unspecified atom stereocenters. The van der Waals surface area contributed by atoms with Gasteiger partial charge in [-0.25, -0.2) is 0 Å². The van der Waals surface area contributed by atoms with Crippen LogP contribution < -0.4 is 0 Å². The van der Waals surface area contributed by atoms with Gasteiger partial charge in [-0.2, -0.15) is 0 Å². The van der Waals surface area contributed by atoms with Gasteiger partial charge in [0.1, 0.15) is 0 Å². The summed E-state index contributed by atoms with van der Waals surface area (Å²) in [5, 5.41) is 0. The molecule has 0 aromatic heterocycles. The Bertz CT molecular complexity index is 378. The van der Waals surface area contributed by atoms with Gasteiger partial charge < -0.3 is 9.80 Å². The van der Waals surface area contributed by atoms with E-state index < -0.39 is 0 Å². The van der Waals surface area contributed by atoms with Crippen molar-refractivity contribution in [3.8, 4) is 0 Å². The van der Waals surface area contributed by atoms with Crippen molar-refractivity contribution in [1.29, 1.82) is 0 Å². The van der Waals surface area contributed by atoms with E-state index in [-0.39, 0.29) is 17.7 Å². The molecule has 4 heteroatoms. The number of carbonyl (C=O) groups is 2. The van der Waals surface area contributed by atoms with Crippen LogP contribution in [0.3, 0.4) is 0 Å². The topological polar surface area (TPSA) is 40.6 Å². The van der Waals surface area contributed by atoms with E-state index >= 15 is 0 Å². The molecule has 0 aromatic carbocycles. The van der Waals surface area contributed by atoms with Crippen LogP contribution in [0.25, 0.3) is 0 Å². The largest absolute Gasteiger partial charge is 0.339 e. The smallest absolute Gasteiger partial charge is 0.228 e. The minimum atomic E-state index is -0.0692. The highest BCUT2D eigenvalue weighted by Crippen LogP contribution is 2.34. The monoisotopic (exact) mass is 264 g/mol. The highest BCUT2D eigenvalue weighted by molar-refractivity contribution is 5.89. The van der Waals surface area contributed by atoms with Crippen LogP contribution in [0.15, 0.2) is 0 Å². The summed E-state index contributed by atoms with van der Waals surface area (Å²) in [6.45, 7) is 3.73. The van der Waals surface area contributed by atoms with E-state index in [9.17, 15) is 9.59 Å². The molecule has 2 heterocycles. The number of likely N-dealkylation sites (tertiary alicyclic amines) is 2. The zero-order valence-corrected chi connectivity index (χ0v) is 11.8. The van der Waals surface area contributed by atoms with Crippen molar-refractivity contribution in [2.75, 3.05) is 13.1 Å². The van der Waals surface area contributed by atoms with Gasteiger partial charge in [0.05, 0.1) is 5.92 Å². The van der Waals surface area contributed by atoms with Crippen molar-refractivity contribution in [2.24, 2.45) is 5.92 Å². The SMILES string of the molecule is CCC1CCCCN1C(=O)C1CC(=O)N(C2CC2)C1. The quantitative estimate of drug-likeness (QED) is 0.779. The summed E-state index contributed by atoms with van der Waals surface area (Å²) in [5.74, 6) is 0.370. The molecule has 1 aliphatic carbocycles. The molecule has 0 aromatic rings. The molecule has 2 atom stereocenters. The van der Waals surface area contributed by atoms with Crippen LogP contribution in [-0.2, 0) is 9.59 Å². The third-order valence-corrected chi connectivity index (χ3v) is 4.88. The number of carbonyl (C=O) groups excluding carboxylic acids is 2. The Labute approximate surface area is 115 Å². The third kappa shape index (κ3) is 2.49. The van der Waals surface area contributed by atoms with E-state index in [1.165, 1.54) is 6.42 Å². The summed E-state index contributed by atoms with van der Waals surface area (Å²) in [7, 11) is 0. The zero-order chi connectivity index (χ0) is 13.4. The Balaban J connectivity index is 1.64. The maximum Gasteiger partial charge on any atom is 0.228 e. The van der Waals surface area contributed by atoms with Gasteiger partial charge in [0.25, 0.3) is 0 Å². The van der Waals surface area contributed by atoms with Gasteiger partial charge in [-0.15, -0.1) is 0 Å². The van der Waals surface area contributed by atoms with Crippen LogP contribution in [0.1, 0.15) is 51.9 Å². The number of nitrogens with zero attached hydrogens (tertiary/aromatic N) is 2. The molecule has 19 heavy (non-hydrogen) atoms. The molecular weight excluding hydrogens is 240 g/mol. The summed E-state index contributed by atoms with van der Waals surface area (Å²) in [6.07, 6.45) is 7.24. The average Bonchev–Trinajstić information content (AvgIpc) is 3.21. The van der Waals surface area contributed by atoms with Crippen LogP contribution in [0, 0.1) is 5.92 Å². The highest BCUT2D eigenvalue weighted by atomic mass is 16.2. The van der Waals surface area contributed by atoms with Gasteiger partial charge >= 0.3 is 0 Å². The molecule has 106 valence electrons. The molecule has 0 bridgehead atoms. The van der Waals surface area contributed by atoms with Crippen molar-refractivity contribution in [1.82, 2.24) is 9.80 Å². The average molecular weight is 264 g/mol. The molecule has 1 saturated carbocycles. The molecule has 3 aliphatic rings. The van der Waals surface area contributed by atoms with Crippen molar-refractivity contribution < 1.29 is 9.59 Å². The molecular formula is C15H24N2O2. The second-order valence-corrected chi connectivity index (χ2v) is 6.27. The Kier molecular flexibility index (Phi) is 3.50. The molecule has 0 radical (unpaired) electrons. The fourth-order valence-corrected chi connectivity index (χ4v) is 3.59. The molecule has 0 spiro atoms. The first kappa shape index (κ1) is 12.9.